The van der Waals surface area contributed by atoms with E-state index in [0.717, 1.165) is 10.2 Å². The summed E-state index contributed by atoms with van der Waals surface area (Å²) in [7, 11) is 0. The maximum Gasteiger partial charge on any atom is 0.224 e. The maximum absolute atomic E-state index is 6.00. The van der Waals surface area contributed by atoms with Gasteiger partial charge in [-0.2, -0.15) is 9.98 Å². The molecule has 0 amide bonds. The Morgan fingerprint density at radius 2 is 2.04 bits per heavy atom. The molecule has 0 aliphatic carbocycles. The van der Waals surface area contributed by atoms with Crippen LogP contribution < -0.4 is 16.2 Å². The molecule has 0 saturated heterocycles. The Labute approximate surface area is 148 Å². The molecule has 0 bridgehead atoms. The fourth-order valence-electron chi connectivity index (χ4n) is 2.06. The van der Waals surface area contributed by atoms with Gasteiger partial charge in [0.2, 0.25) is 11.1 Å². The van der Waals surface area contributed by atoms with Gasteiger partial charge in [-0.3, -0.25) is 0 Å². The number of fused-ring (bicyclic) bond motifs is 1. The summed E-state index contributed by atoms with van der Waals surface area (Å²) in [6, 6.07) is 14.9. The second kappa shape index (κ2) is 7.44. The van der Waals surface area contributed by atoms with Gasteiger partial charge in [-0.15, -0.1) is 0 Å². The van der Waals surface area contributed by atoms with Crippen LogP contribution in [0.5, 0.6) is 5.75 Å². The lowest BCUT2D eigenvalue weighted by atomic mass is 10.2. The van der Waals surface area contributed by atoms with E-state index < -0.39 is 0 Å². The molecule has 124 valence electrons. The Morgan fingerprint density at radius 1 is 1.20 bits per heavy atom. The van der Waals surface area contributed by atoms with Crippen molar-refractivity contribution in [3.8, 4) is 5.75 Å². The molecule has 6 nitrogen and oxygen atoms in total. The largest absolute Gasteiger partial charge is 0.457 e. The van der Waals surface area contributed by atoms with Crippen molar-refractivity contribution >= 4 is 38.5 Å². The van der Waals surface area contributed by atoms with Crippen molar-refractivity contribution in [1.82, 2.24) is 4.98 Å². The summed E-state index contributed by atoms with van der Waals surface area (Å²) in [4.78, 5) is 12.7. The van der Waals surface area contributed by atoms with Gasteiger partial charge in [0.25, 0.3) is 0 Å². The molecular weight excluding hydrogens is 334 g/mol. The number of thiazole rings is 1. The molecule has 0 fully saturated rings. The van der Waals surface area contributed by atoms with Crippen LogP contribution in [0.1, 0.15) is 5.56 Å². The molecule has 0 radical (unpaired) electrons. The van der Waals surface area contributed by atoms with Gasteiger partial charge in [-0.05, 0) is 24.3 Å². The van der Waals surface area contributed by atoms with Gasteiger partial charge in [0.15, 0.2) is 0 Å². The molecule has 3 aromatic rings. The summed E-state index contributed by atoms with van der Waals surface area (Å²) in [5.41, 5.74) is 15.9. The number of rotatable bonds is 4. The number of aliphatic imine (C=N–C) groups is 2. The molecule has 1 aromatic heterocycles. The number of guanidine groups is 1. The van der Waals surface area contributed by atoms with Crippen molar-refractivity contribution in [3.05, 3.63) is 72.7 Å². The quantitative estimate of drug-likeness (QED) is 0.327. The van der Waals surface area contributed by atoms with Gasteiger partial charge in [0, 0.05) is 5.56 Å². The third-order valence-electron chi connectivity index (χ3n) is 3.14. The van der Waals surface area contributed by atoms with Crippen LogP contribution >= 0.6 is 11.3 Å². The van der Waals surface area contributed by atoms with Crippen molar-refractivity contribution in [3.63, 3.8) is 0 Å². The fourth-order valence-corrected chi connectivity index (χ4v) is 2.90. The molecule has 1 heterocycles. The summed E-state index contributed by atoms with van der Waals surface area (Å²) in [6.45, 7) is 3.44. The topological polar surface area (TPSA) is 98.9 Å². The van der Waals surface area contributed by atoms with Crippen LogP contribution in [-0.2, 0) is 0 Å². The second-order valence-corrected chi connectivity index (χ2v) is 5.91. The van der Waals surface area contributed by atoms with Crippen LogP contribution in [0, 0.1) is 0 Å². The predicted molar refractivity (Wildman–Crippen MR) is 102 cm³/mol. The Bertz CT molecular complexity index is 982. The van der Waals surface area contributed by atoms with Gasteiger partial charge in [0.1, 0.15) is 17.8 Å². The number of para-hydroxylation sites is 1. The minimum atomic E-state index is 0.0360. The molecule has 4 N–H and O–H groups in total. The van der Waals surface area contributed by atoms with E-state index >= 15 is 0 Å². The fraction of sp³-hybridized carbons (Fsp3) is 0. The normalized spacial score (nSPS) is 12.0. The summed E-state index contributed by atoms with van der Waals surface area (Å²) in [5.74, 6) is 0.859. The first-order chi connectivity index (χ1) is 12.2. The first-order valence-electron chi connectivity index (χ1n) is 7.31. The zero-order valence-electron chi connectivity index (χ0n) is 13.2. The molecule has 7 heteroatoms. The zero-order valence-corrected chi connectivity index (χ0v) is 14.0. The Balaban J connectivity index is 1.84. The molecule has 0 spiro atoms. The van der Waals surface area contributed by atoms with E-state index in [1.807, 2.05) is 24.3 Å². The molecule has 0 aliphatic rings. The molecule has 0 aliphatic heterocycles. The highest BCUT2D eigenvalue weighted by Gasteiger charge is 2.04. The number of hydrogen-bond acceptors (Lipinski definition) is 4. The van der Waals surface area contributed by atoms with E-state index in [1.165, 1.54) is 17.6 Å². The molecule has 3 rings (SSSR count). The Kier molecular flexibility index (Phi) is 4.89. The number of aromatic nitrogens is 1. The van der Waals surface area contributed by atoms with E-state index in [4.69, 9.17) is 16.2 Å². The molecular formula is C18H15N5OS. The van der Waals surface area contributed by atoms with Gasteiger partial charge in [0.05, 0.1) is 10.2 Å². The van der Waals surface area contributed by atoms with Crippen LogP contribution in [0.4, 0.5) is 5.13 Å². The first kappa shape index (κ1) is 16.4. The number of nitrogens with zero attached hydrogens (tertiary/aromatic N) is 3. The average molecular weight is 349 g/mol. The lowest BCUT2D eigenvalue weighted by Crippen LogP contribution is -2.19. The molecule has 0 atom stereocenters. The standard InChI is InChI=1S/C18H15N5OS/c1-2-10-24-13-7-5-6-12(11-13)16(19)22-17(20)23-18-21-14-8-3-4-9-15(14)25-18/h3-11H,1H2,(H4,19,20,21,22,23). The lowest BCUT2D eigenvalue weighted by Gasteiger charge is -2.03. The number of amidine groups is 1. The minimum Gasteiger partial charge on any atom is -0.457 e. The highest BCUT2D eigenvalue weighted by atomic mass is 32.1. The molecule has 2 aromatic carbocycles. The van der Waals surface area contributed by atoms with Crippen molar-refractivity contribution in [2.75, 3.05) is 0 Å². The van der Waals surface area contributed by atoms with E-state index in [9.17, 15) is 0 Å². The van der Waals surface area contributed by atoms with Gasteiger partial charge in [-0.1, -0.05) is 47.9 Å². The minimum absolute atomic E-state index is 0.0360. The SMILES string of the molecule is C=C=COc1cccc(/C(N)=N/C(N)=N/c2nc3ccccc3s2)c1. The van der Waals surface area contributed by atoms with Gasteiger partial charge < -0.3 is 16.2 Å². The van der Waals surface area contributed by atoms with Crippen LogP contribution in [0.25, 0.3) is 10.2 Å². The number of benzene rings is 2. The summed E-state index contributed by atoms with van der Waals surface area (Å²) in [5, 5.41) is 0.531. The number of hydrogen-bond donors (Lipinski definition) is 2. The van der Waals surface area contributed by atoms with Crippen molar-refractivity contribution in [2.45, 2.75) is 0 Å². The van der Waals surface area contributed by atoms with E-state index in [2.05, 4.69) is 27.3 Å². The average Bonchev–Trinajstić information content (AvgIpc) is 3.02. The third-order valence-corrected chi connectivity index (χ3v) is 4.07. The molecule has 0 unspecified atom stereocenters. The molecule has 0 saturated carbocycles. The van der Waals surface area contributed by atoms with Crippen molar-refractivity contribution < 1.29 is 4.74 Å². The molecule has 25 heavy (non-hydrogen) atoms. The van der Waals surface area contributed by atoms with Crippen LogP contribution in [-0.4, -0.2) is 16.8 Å². The monoisotopic (exact) mass is 349 g/mol. The number of ether oxygens (including phenoxy) is 1. The summed E-state index contributed by atoms with van der Waals surface area (Å²) in [6.07, 6.45) is 1.36. The smallest absolute Gasteiger partial charge is 0.224 e. The summed E-state index contributed by atoms with van der Waals surface area (Å²) < 4.78 is 6.33. The van der Waals surface area contributed by atoms with E-state index in [0.29, 0.717) is 16.4 Å². The van der Waals surface area contributed by atoms with Crippen molar-refractivity contribution in [1.29, 1.82) is 0 Å². The van der Waals surface area contributed by atoms with Crippen LogP contribution in [0.3, 0.4) is 0 Å². The van der Waals surface area contributed by atoms with E-state index in [1.54, 1.807) is 24.3 Å². The Hall–Kier alpha value is -3.41. The third kappa shape index (κ3) is 4.11. The lowest BCUT2D eigenvalue weighted by molar-refractivity contribution is 0.482. The highest BCUT2D eigenvalue weighted by molar-refractivity contribution is 7.22. The second-order valence-electron chi connectivity index (χ2n) is 4.90. The Morgan fingerprint density at radius 3 is 2.84 bits per heavy atom. The van der Waals surface area contributed by atoms with Crippen LogP contribution in [0.2, 0.25) is 0 Å². The van der Waals surface area contributed by atoms with Gasteiger partial charge >= 0.3 is 0 Å². The maximum atomic E-state index is 6.00. The van der Waals surface area contributed by atoms with E-state index in [-0.39, 0.29) is 11.8 Å². The number of nitrogens with two attached hydrogens (primary N) is 2. The zero-order chi connectivity index (χ0) is 17.6. The van der Waals surface area contributed by atoms with Crippen LogP contribution in [0.15, 0.2) is 77.1 Å². The highest BCUT2D eigenvalue weighted by Crippen LogP contribution is 2.27. The predicted octanol–water partition coefficient (Wildman–Crippen LogP) is 3.33. The van der Waals surface area contributed by atoms with Crippen molar-refractivity contribution in [2.24, 2.45) is 21.5 Å². The first-order valence-corrected chi connectivity index (χ1v) is 8.12. The summed E-state index contributed by atoms with van der Waals surface area (Å²) >= 11 is 1.43. The van der Waals surface area contributed by atoms with Gasteiger partial charge in [-0.25, -0.2) is 4.98 Å².